The highest BCUT2D eigenvalue weighted by molar-refractivity contribution is 6.30. The summed E-state index contributed by atoms with van der Waals surface area (Å²) in [7, 11) is 0. The van der Waals surface area contributed by atoms with E-state index in [9.17, 15) is 13.6 Å². The van der Waals surface area contributed by atoms with Crippen LogP contribution in [-0.4, -0.2) is 12.5 Å². The molecular weight excluding hydrogens is 324 g/mol. The van der Waals surface area contributed by atoms with E-state index in [1.807, 2.05) is 0 Å². The molecule has 0 saturated carbocycles. The molecule has 0 atom stereocenters. The zero-order valence-corrected chi connectivity index (χ0v) is 12.8. The van der Waals surface area contributed by atoms with Gasteiger partial charge in [0.05, 0.1) is 0 Å². The quantitative estimate of drug-likeness (QED) is 0.799. The first-order valence-corrected chi connectivity index (χ1v) is 7.16. The van der Waals surface area contributed by atoms with Gasteiger partial charge in [0.1, 0.15) is 5.75 Å². The van der Waals surface area contributed by atoms with Crippen LogP contribution in [0, 0.1) is 0 Å². The van der Waals surface area contributed by atoms with Crippen LogP contribution >= 0.6 is 11.6 Å². The lowest BCUT2D eigenvalue weighted by atomic mass is 10.2. The number of hydrogen-bond acceptors (Lipinski definition) is 2. The van der Waals surface area contributed by atoms with Crippen LogP contribution in [0.4, 0.5) is 8.78 Å². The molecule has 2 rings (SSSR count). The highest BCUT2D eigenvalue weighted by atomic mass is 35.5. The van der Waals surface area contributed by atoms with E-state index in [-0.39, 0.29) is 11.7 Å². The maximum absolute atomic E-state index is 12.0. The Hall–Kier alpha value is -2.40. The van der Waals surface area contributed by atoms with Crippen LogP contribution in [0.1, 0.15) is 11.1 Å². The van der Waals surface area contributed by atoms with Crippen molar-refractivity contribution in [3.8, 4) is 5.75 Å². The molecule has 1 N–H and O–H groups in total. The highest BCUT2D eigenvalue weighted by Crippen LogP contribution is 2.15. The molecule has 120 valence electrons. The Balaban J connectivity index is 1.83. The zero-order chi connectivity index (χ0) is 16.7. The molecule has 0 spiro atoms. The van der Waals surface area contributed by atoms with Gasteiger partial charge in [-0.15, -0.1) is 0 Å². The Labute approximate surface area is 137 Å². The number of carbonyl (C=O) groups is 1. The fourth-order valence-corrected chi connectivity index (χ4v) is 1.91. The first-order valence-electron chi connectivity index (χ1n) is 6.78. The van der Waals surface area contributed by atoms with Gasteiger partial charge in [-0.2, -0.15) is 8.78 Å². The van der Waals surface area contributed by atoms with Crippen molar-refractivity contribution in [3.05, 3.63) is 70.8 Å². The number of benzene rings is 2. The van der Waals surface area contributed by atoms with E-state index in [0.29, 0.717) is 11.6 Å². The number of halogens is 3. The minimum atomic E-state index is -2.85. The van der Waals surface area contributed by atoms with Crippen LogP contribution in [0.25, 0.3) is 6.08 Å². The molecule has 0 heterocycles. The molecular formula is C17H14ClF2NO2. The fourth-order valence-electron chi connectivity index (χ4n) is 1.78. The SMILES string of the molecule is O=C(/C=C/c1ccc(Cl)cc1)NCc1ccc(OC(F)F)cc1. The van der Waals surface area contributed by atoms with Crippen molar-refractivity contribution in [2.24, 2.45) is 0 Å². The number of ether oxygens (including phenoxy) is 1. The minimum Gasteiger partial charge on any atom is -0.435 e. The Morgan fingerprint density at radius 3 is 2.39 bits per heavy atom. The van der Waals surface area contributed by atoms with Gasteiger partial charge in [0, 0.05) is 17.6 Å². The van der Waals surface area contributed by atoms with E-state index in [0.717, 1.165) is 11.1 Å². The summed E-state index contributed by atoms with van der Waals surface area (Å²) in [6, 6.07) is 13.2. The van der Waals surface area contributed by atoms with Crippen molar-refractivity contribution in [2.45, 2.75) is 13.2 Å². The van der Waals surface area contributed by atoms with Gasteiger partial charge >= 0.3 is 6.61 Å². The lowest BCUT2D eigenvalue weighted by Crippen LogP contribution is -2.20. The van der Waals surface area contributed by atoms with Crippen LogP contribution in [-0.2, 0) is 11.3 Å². The molecule has 23 heavy (non-hydrogen) atoms. The smallest absolute Gasteiger partial charge is 0.387 e. The van der Waals surface area contributed by atoms with Gasteiger partial charge in [0.15, 0.2) is 0 Å². The second-order valence-corrected chi connectivity index (χ2v) is 5.06. The monoisotopic (exact) mass is 337 g/mol. The van der Waals surface area contributed by atoms with E-state index < -0.39 is 6.61 Å². The molecule has 0 saturated heterocycles. The van der Waals surface area contributed by atoms with Gasteiger partial charge in [-0.3, -0.25) is 4.79 Å². The Kier molecular flexibility index (Phi) is 6.11. The average molecular weight is 338 g/mol. The number of amides is 1. The summed E-state index contributed by atoms with van der Waals surface area (Å²) >= 11 is 5.78. The van der Waals surface area contributed by atoms with E-state index in [4.69, 9.17) is 11.6 Å². The average Bonchev–Trinajstić information content (AvgIpc) is 2.53. The molecule has 2 aromatic rings. The largest absolute Gasteiger partial charge is 0.435 e. The summed E-state index contributed by atoms with van der Waals surface area (Å²) in [6.45, 7) is -2.56. The Morgan fingerprint density at radius 1 is 1.13 bits per heavy atom. The third kappa shape index (κ3) is 6.08. The number of alkyl halides is 2. The van der Waals surface area contributed by atoms with Crippen molar-refractivity contribution in [1.82, 2.24) is 5.32 Å². The number of nitrogens with one attached hydrogen (secondary N) is 1. The third-order valence-corrected chi connectivity index (χ3v) is 3.16. The summed E-state index contributed by atoms with van der Waals surface area (Å²) in [5.74, 6) is -0.175. The van der Waals surface area contributed by atoms with E-state index in [1.54, 1.807) is 42.5 Å². The van der Waals surface area contributed by atoms with Crippen molar-refractivity contribution >= 4 is 23.6 Å². The molecule has 3 nitrogen and oxygen atoms in total. The summed E-state index contributed by atoms with van der Waals surface area (Å²) in [6.07, 6.45) is 3.09. The second-order valence-electron chi connectivity index (χ2n) is 4.63. The Bertz CT molecular complexity index is 670. The predicted octanol–water partition coefficient (Wildman–Crippen LogP) is 4.27. The highest BCUT2D eigenvalue weighted by Gasteiger charge is 2.04. The van der Waals surface area contributed by atoms with Gasteiger partial charge in [-0.25, -0.2) is 0 Å². The lowest BCUT2D eigenvalue weighted by molar-refractivity contribution is -0.116. The normalized spacial score (nSPS) is 11.0. The zero-order valence-electron chi connectivity index (χ0n) is 12.0. The number of carbonyl (C=O) groups excluding carboxylic acids is 1. The maximum atomic E-state index is 12.0. The van der Waals surface area contributed by atoms with Crippen molar-refractivity contribution in [1.29, 1.82) is 0 Å². The van der Waals surface area contributed by atoms with Gasteiger partial charge in [0.25, 0.3) is 0 Å². The van der Waals surface area contributed by atoms with Gasteiger partial charge in [-0.05, 0) is 41.5 Å². The summed E-state index contributed by atoms with van der Waals surface area (Å²) in [5, 5.41) is 3.33. The van der Waals surface area contributed by atoms with Gasteiger partial charge < -0.3 is 10.1 Å². The molecule has 0 radical (unpaired) electrons. The molecule has 0 aromatic heterocycles. The summed E-state index contributed by atoms with van der Waals surface area (Å²) < 4.78 is 28.3. The molecule has 6 heteroatoms. The standard InChI is InChI=1S/C17H14ClF2NO2/c18-14-6-1-12(2-7-14)5-10-16(22)21-11-13-3-8-15(9-4-13)23-17(19)20/h1-10,17H,11H2,(H,21,22)/b10-5+. The van der Waals surface area contributed by atoms with E-state index in [1.165, 1.54) is 18.2 Å². The molecule has 1 amide bonds. The molecule has 0 fully saturated rings. The van der Waals surface area contributed by atoms with Crippen molar-refractivity contribution < 1.29 is 18.3 Å². The van der Waals surface area contributed by atoms with Crippen LogP contribution < -0.4 is 10.1 Å². The minimum absolute atomic E-state index is 0.0812. The lowest BCUT2D eigenvalue weighted by Gasteiger charge is -2.06. The van der Waals surface area contributed by atoms with Crippen LogP contribution in [0.5, 0.6) is 5.75 Å². The number of rotatable bonds is 6. The van der Waals surface area contributed by atoms with Gasteiger partial charge in [0.2, 0.25) is 5.91 Å². The van der Waals surface area contributed by atoms with Crippen LogP contribution in [0.3, 0.4) is 0 Å². The van der Waals surface area contributed by atoms with E-state index in [2.05, 4.69) is 10.1 Å². The van der Waals surface area contributed by atoms with Gasteiger partial charge in [-0.1, -0.05) is 35.9 Å². The van der Waals surface area contributed by atoms with Crippen molar-refractivity contribution in [3.63, 3.8) is 0 Å². The first-order chi connectivity index (χ1) is 11.0. The summed E-state index contributed by atoms with van der Waals surface area (Å²) in [5.41, 5.74) is 1.64. The van der Waals surface area contributed by atoms with E-state index >= 15 is 0 Å². The van der Waals surface area contributed by atoms with Crippen molar-refractivity contribution in [2.75, 3.05) is 0 Å². The second kappa shape index (κ2) is 8.29. The molecule has 0 unspecified atom stereocenters. The molecule has 0 aliphatic heterocycles. The summed E-state index contributed by atoms with van der Waals surface area (Å²) in [4.78, 5) is 11.7. The molecule has 0 bridgehead atoms. The Morgan fingerprint density at radius 2 is 1.78 bits per heavy atom. The third-order valence-electron chi connectivity index (χ3n) is 2.91. The molecule has 0 aliphatic carbocycles. The topological polar surface area (TPSA) is 38.3 Å². The molecule has 0 aliphatic rings. The number of hydrogen-bond donors (Lipinski definition) is 1. The first kappa shape index (κ1) is 17.0. The predicted molar refractivity (Wildman–Crippen MR) is 85.4 cm³/mol. The molecule has 2 aromatic carbocycles. The van der Waals surface area contributed by atoms with Crippen LogP contribution in [0.2, 0.25) is 5.02 Å². The maximum Gasteiger partial charge on any atom is 0.387 e. The fraction of sp³-hybridized carbons (Fsp3) is 0.118. The van der Waals surface area contributed by atoms with Crippen LogP contribution in [0.15, 0.2) is 54.6 Å².